The third-order valence-corrected chi connectivity index (χ3v) is 3.65. The molecule has 1 amide bonds. The first-order valence-corrected chi connectivity index (χ1v) is 7.49. The molecule has 112 valence electrons. The van der Waals surface area contributed by atoms with E-state index in [4.69, 9.17) is 4.74 Å². The fraction of sp³-hybridized carbons (Fsp3) is 0.125. The first kappa shape index (κ1) is 14.7. The molecule has 3 aromatic rings. The predicted molar refractivity (Wildman–Crippen MR) is 88.9 cm³/mol. The fourth-order valence-corrected chi connectivity index (χ4v) is 2.58. The number of rotatable bonds is 4. The number of hydrogen-bond donors (Lipinski definition) is 2. The van der Waals surface area contributed by atoms with Gasteiger partial charge in [0.15, 0.2) is 0 Å². The Morgan fingerprint density at radius 1 is 1.32 bits per heavy atom. The van der Waals surface area contributed by atoms with Crippen LogP contribution in [0, 0.1) is 0 Å². The molecule has 1 heterocycles. The summed E-state index contributed by atoms with van der Waals surface area (Å²) in [5.74, 6) is 0.602. The van der Waals surface area contributed by atoms with Crippen molar-refractivity contribution < 1.29 is 9.53 Å². The molecule has 0 unspecified atom stereocenters. The van der Waals surface area contributed by atoms with Gasteiger partial charge in [0, 0.05) is 22.8 Å². The number of benzene rings is 2. The topological polar surface area (TPSA) is 67.0 Å². The van der Waals surface area contributed by atoms with E-state index in [2.05, 4.69) is 31.2 Å². The van der Waals surface area contributed by atoms with E-state index >= 15 is 0 Å². The van der Waals surface area contributed by atoms with E-state index in [1.165, 1.54) is 0 Å². The van der Waals surface area contributed by atoms with Crippen molar-refractivity contribution in [1.29, 1.82) is 0 Å². The van der Waals surface area contributed by atoms with Crippen LogP contribution in [0.5, 0.6) is 0 Å². The Bertz CT molecular complexity index is 829. The van der Waals surface area contributed by atoms with Crippen molar-refractivity contribution in [3.63, 3.8) is 0 Å². The molecule has 6 heteroatoms. The van der Waals surface area contributed by atoms with Crippen LogP contribution in [0.3, 0.4) is 0 Å². The number of fused-ring (bicyclic) bond motifs is 1. The van der Waals surface area contributed by atoms with E-state index in [1.807, 2.05) is 30.3 Å². The highest BCUT2D eigenvalue weighted by Gasteiger charge is 2.08. The molecule has 2 aromatic carbocycles. The second-order valence-electron chi connectivity index (χ2n) is 4.81. The summed E-state index contributed by atoms with van der Waals surface area (Å²) in [7, 11) is 1.62. The van der Waals surface area contributed by atoms with Gasteiger partial charge in [0.2, 0.25) is 0 Å². The van der Waals surface area contributed by atoms with Gasteiger partial charge >= 0.3 is 0 Å². The van der Waals surface area contributed by atoms with Crippen LogP contribution in [0.4, 0.5) is 5.69 Å². The maximum atomic E-state index is 12.2. The summed E-state index contributed by atoms with van der Waals surface area (Å²) in [4.78, 5) is 19.8. The second kappa shape index (κ2) is 6.29. The van der Waals surface area contributed by atoms with Crippen LogP contribution < -0.4 is 5.32 Å². The third kappa shape index (κ3) is 3.18. The molecule has 5 nitrogen and oxygen atoms in total. The van der Waals surface area contributed by atoms with Crippen molar-refractivity contribution in [1.82, 2.24) is 9.97 Å². The summed E-state index contributed by atoms with van der Waals surface area (Å²) in [5.41, 5.74) is 3.01. The number of aromatic amines is 1. The van der Waals surface area contributed by atoms with Gasteiger partial charge in [-0.25, -0.2) is 4.98 Å². The number of amides is 1. The average molecular weight is 360 g/mol. The molecule has 3 rings (SSSR count). The van der Waals surface area contributed by atoms with Gasteiger partial charge in [-0.1, -0.05) is 22.0 Å². The molecular weight excluding hydrogens is 346 g/mol. The van der Waals surface area contributed by atoms with Gasteiger partial charge in [-0.2, -0.15) is 0 Å². The highest BCUT2D eigenvalue weighted by Crippen LogP contribution is 2.19. The van der Waals surface area contributed by atoms with Crippen molar-refractivity contribution in [3.8, 4) is 0 Å². The summed E-state index contributed by atoms with van der Waals surface area (Å²) in [5, 5.41) is 2.88. The number of anilines is 1. The number of H-pyrrole nitrogens is 1. The number of carbonyl (C=O) groups excluding carboxylic acids is 1. The molecule has 2 N–H and O–H groups in total. The van der Waals surface area contributed by atoms with E-state index in [9.17, 15) is 4.79 Å². The van der Waals surface area contributed by atoms with Crippen LogP contribution in [0.25, 0.3) is 11.0 Å². The Morgan fingerprint density at radius 3 is 2.95 bits per heavy atom. The molecule has 22 heavy (non-hydrogen) atoms. The first-order chi connectivity index (χ1) is 10.7. The van der Waals surface area contributed by atoms with Gasteiger partial charge in [-0.3, -0.25) is 4.79 Å². The Kier molecular flexibility index (Phi) is 4.22. The Labute approximate surface area is 135 Å². The molecule has 0 aliphatic rings. The summed E-state index contributed by atoms with van der Waals surface area (Å²) >= 11 is 3.36. The van der Waals surface area contributed by atoms with Crippen molar-refractivity contribution in [3.05, 3.63) is 58.3 Å². The number of nitrogens with one attached hydrogen (secondary N) is 2. The first-order valence-electron chi connectivity index (χ1n) is 6.70. The van der Waals surface area contributed by atoms with E-state index in [0.29, 0.717) is 17.9 Å². The molecule has 0 spiro atoms. The highest BCUT2D eigenvalue weighted by atomic mass is 79.9. The van der Waals surface area contributed by atoms with E-state index < -0.39 is 0 Å². The van der Waals surface area contributed by atoms with Crippen LogP contribution in [0.1, 0.15) is 16.2 Å². The lowest BCUT2D eigenvalue weighted by atomic mass is 10.2. The molecular formula is C16H14BrN3O2. The van der Waals surface area contributed by atoms with Gasteiger partial charge in [-0.05, 0) is 36.4 Å². The summed E-state index contributed by atoms with van der Waals surface area (Å²) in [6.07, 6.45) is 0. The van der Waals surface area contributed by atoms with Crippen LogP contribution in [0.15, 0.2) is 46.9 Å². The Balaban J connectivity index is 1.82. The van der Waals surface area contributed by atoms with Crippen LogP contribution in [0.2, 0.25) is 0 Å². The number of ether oxygens (including phenoxy) is 1. The van der Waals surface area contributed by atoms with Crippen molar-refractivity contribution in [2.45, 2.75) is 6.61 Å². The van der Waals surface area contributed by atoms with Gasteiger partial charge in [0.25, 0.3) is 5.91 Å². The van der Waals surface area contributed by atoms with Crippen LogP contribution in [-0.2, 0) is 11.3 Å². The third-order valence-electron chi connectivity index (χ3n) is 3.16. The van der Waals surface area contributed by atoms with Gasteiger partial charge in [-0.15, -0.1) is 0 Å². The lowest BCUT2D eigenvalue weighted by Gasteiger charge is -2.05. The van der Waals surface area contributed by atoms with E-state index in [1.54, 1.807) is 19.2 Å². The van der Waals surface area contributed by atoms with E-state index in [-0.39, 0.29) is 5.91 Å². The molecule has 0 aliphatic heterocycles. The van der Waals surface area contributed by atoms with Crippen molar-refractivity contribution in [2.24, 2.45) is 0 Å². The monoisotopic (exact) mass is 359 g/mol. The van der Waals surface area contributed by atoms with E-state index in [0.717, 1.165) is 21.3 Å². The summed E-state index contributed by atoms with van der Waals surface area (Å²) in [6.45, 7) is 0.425. The molecule has 0 radical (unpaired) electrons. The fourth-order valence-electron chi connectivity index (χ4n) is 2.18. The SMILES string of the molecule is COCc1nc2ccc(NC(=O)c3cccc(Br)c3)cc2[nH]1. The van der Waals surface area contributed by atoms with Crippen molar-refractivity contribution >= 4 is 38.6 Å². The maximum Gasteiger partial charge on any atom is 0.255 e. The number of nitrogens with zero attached hydrogens (tertiary/aromatic N) is 1. The van der Waals surface area contributed by atoms with Crippen molar-refractivity contribution in [2.75, 3.05) is 12.4 Å². The number of halogens is 1. The Hall–Kier alpha value is -2.18. The van der Waals surface area contributed by atoms with Gasteiger partial charge in [0.1, 0.15) is 12.4 Å². The minimum atomic E-state index is -0.155. The molecule has 0 aliphatic carbocycles. The highest BCUT2D eigenvalue weighted by molar-refractivity contribution is 9.10. The van der Waals surface area contributed by atoms with Crippen LogP contribution in [-0.4, -0.2) is 23.0 Å². The maximum absolute atomic E-state index is 12.2. The number of hydrogen-bond acceptors (Lipinski definition) is 3. The number of aromatic nitrogens is 2. The zero-order valence-electron chi connectivity index (χ0n) is 11.9. The standard InChI is InChI=1S/C16H14BrN3O2/c1-22-9-15-19-13-6-5-12(8-14(13)20-15)18-16(21)10-3-2-4-11(17)7-10/h2-8H,9H2,1H3,(H,18,21)(H,19,20). The molecule has 1 aromatic heterocycles. The predicted octanol–water partition coefficient (Wildman–Crippen LogP) is 3.72. The molecule has 0 bridgehead atoms. The minimum absolute atomic E-state index is 0.155. The van der Waals surface area contributed by atoms with Gasteiger partial charge in [0.05, 0.1) is 11.0 Å². The number of methoxy groups -OCH3 is 1. The smallest absolute Gasteiger partial charge is 0.255 e. The second-order valence-corrected chi connectivity index (χ2v) is 5.73. The number of imidazole rings is 1. The normalized spacial score (nSPS) is 10.8. The lowest BCUT2D eigenvalue weighted by molar-refractivity contribution is 0.102. The number of carbonyl (C=O) groups is 1. The zero-order valence-corrected chi connectivity index (χ0v) is 13.5. The molecule has 0 saturated carbocycles. The summed E-state index contributed by atoms with van der Waals surface area (Å²) < 4.78 is 5.92. The molecule has 0 fully saturated rings. The zero-order chi connectivity index (χ0) is 15.5. The molecule has 0 saturated heterocycles. The summed E-state index contributed by atoms with van der Waals surface area (Å²) in [6, 6.07) is 12.8. The lowest BCUT2D eigenvalue weighted by Crippen LogP contribution is -2.11. The minimum Gasteiger partial charge on any atom is -0.377 e. The molecule has 0 atom stereocenters. The average Bonchev–Trinajstić information content (AvgIpc) is 2.89. The largest absolute Gasteiger partial charge is 0.377 e. The van der Waals surface area contributed by atoms with Gasteiger partial charge < -0.3 is 15.0 Å². The quantitative estimate of drug-likeness (QED) is 0.745. The van der Waals surface area contributed by atoms with Crippen LogP contribution >= 0.6 is 15.9 Å². The Morgan fingerprint density at radius 2 is 2.18 bits per heavy atom.